The average Bonchev–Trinajstić information content (AvgIpc) is 2.83. The van der Waals surface area contributed by atoms with Gasteiger partial charge in [-0.1, -0.05) is 30.3 Å². The van der Waals surface area contributed by atoms with Gasteiger partial charge < -0.3 is 24.4 Å². The molecule has 0 saturated carbocycles. The molecule has 6 heteroatoms. The monoisotopic (exact) mass is 434 g/mol. The molecule has 0 spiro atoms. The van der Waals surface area contributed by atoms with Gasteiger partial charge in [0.2, 0.25) is 0 Å². The van der Waals surface area contributed by atoms with Crippen LogP contribution in [-0.2, 0) is 6.42 Å². The van der Waals surface area contributed by atoms with Crippen LogP contribution in [-0.4, -0.2) is 37.9 Å². The lowest BCUT2D eigenvalue weighted by Gasteiger charge is -2.39. The Morgan fingerprint density at radius 3 is 2.23 bits per heavy atom. The molecule has 0 saturated heterocycles. The van der Waals surface area contributed by atoms with E-state index in [2.05, 4.69) is 34.5 Å². The van der Waals surface area contributed by atoms with E-state index in [1.807, 2.05) is 42.5 Å². The van der Waals surface area contributed by atoms with Crippen LogP contribution in [0, 0.1) is 0 Å². The van der Waals surface area contributed by atoms with Gasteiger partial charge in [-0.3, -0.25) is 0 Å². The highest BCUT2D eigenvalue weighted by Crippen LogP contribution is 2.41. The zero-order valence-corrected chi connectivity index (χ0v) is 18.7. The summed E-state index contributed by atoms with van der Waals surface area (Å²) < 4.78 is 16.5. The molecule has 3 aromatic carbocycles. The summed E-state index contributed by atoms with van der Waals surface area (Å²) in [6.07, 6.45) is 0.860. The second kappa shape index (κ2) is 9.27. The van der Waals surface area contributed by atoms with Crippen LogP contribution < -0.4 is 19.5 Å². The molecule has 1 heterocycles. The van der Waals surface area contributed by atoms with Crippen molar-refractivity contribution >= 4 is 23.0 Å². The number of nitrogens with zero attached hydrogens (tertiary/aromatic N) is 1. The number of nitrogens with one attached hydrogen (secondary N) is 1. The Kier molecular flexibility index (Phi) is 6.28. The maximum atomic E-state index is 5.85. The Morgan fingerprint density at radius 2 is 1.58 bits per heavy atom. The van der Waals surface area contributed by atoms with E-state index in [-0.39, 0.29) is 6.04 Å². The fraction of sp³-hybridized carbons (Fsp3) is 0.240. The molecule has 0 radical (unpaired) electrons. The minimum Gasteiger partial charge on any atom is -0.497 e. The highest BCUT2D eigenvalue weighted by atomic mass is 32.1. The molecule has 1 aliphatic rings. The van der Waals surface area contributed by atoms with Crippen LogP contribution in [0.1, 0.15) is 22.7 Å². The third-order valence-electron chi connectivity index (χ3n) is 5.59. The van der Waals surface area contributed by atoms with E-state index in [4.69, 9.17) is 26.4 Å². The van der Waals surface area contributed by atoms with Crippen molar-refractivity contribution in [2.24, 2.45) is 0 Å². The molecule has 0 amide bonds. The van der Waals surface area contributed by atoms with E-state index in [9.17, 15) is 0 Å². The smallest absolute Gasteiger partial charge is 0.174 e. The van der Waals surface area contributed by atoms with Crippen molar-refractivity contribution in [3.8, 4) is 17.2 Å². The number of anilines is 1. The summed E-state index contributed by atoms with van der Waals surface area (Å²) in [7, 11) is 5.00. The molecule has 160 valence electrons. The first-order valence-corrected chi connectivity index (χ1v) is 10.6. The van der Waals surface area contributed by atoms with Gasteiger partial charge in [-0.2, -0.15) is 0 Å². The first kappa shape index (κ1) is 21.0. The van der Waals surface area contributed by atoms with Gasteiger partial charge >= 0.3 is 0 Å². The van der Waals surface area contributed by atoms with Gasteiger partial charge in [0, 0.05) is 12.2 Å². The summed E-state index contributed by atoms with van der Waals surface area (Å²) in [5.41, 5.74) is 4.49. The minimum atomic E-state index is -0.0572. The summed E-state index contributed by atoms with van der Waals surface area (Å²) in [6, 6.07) is 22.2. The number of methoxy groups -OCH3 is 3. The average molecular weight is 435 g/mol. The zero-order chi connectivity index (χ0) is 21.8. The van der Waals surface area contributed by atoms with Crippen molar-refractivity contribution in [2.75, 3.05) is 33.2 Å². The van der Waals surface area contributed by atoms with E-state index in [0.29, 0.717) is 10.9 Å². The van der Waals surface area contributed by atoms with Gasteiger partial charge in [-0.15, -0.1) is 0 Å². The van der Waals surface area contributed by atoms with Crippen molar-refractivity contribution in [3.63, 3.8) is 0 Å². The normalized spacial score (nSPS) is 15.1. The molecular weight excluding hydrogens is 408 g/mol. The SMILES string of the molecule is COc1ccc([C@@H]2c3cc(OC)c(OC)cc3CCN2C(=S)Nc2ccccc2)cc1. The van der Waals surface area contributed by atoms with Crippen LogP contribution in [0.2, 0.25) is 0 Å². The van der Waals surface area contributed by atoms with Crippen LogP contribution in [0.4, 0.5) is 5.69 Å². The number of ether oxygens (including phenoxy) is 3. The van der Waals surface area contributed by atoms with Gasteiger partial charge in [-0.05, 0) is 71.7 Å². The molecule has 4 rings (SSSR count). The molecule has 1 aliphatic heterocycles. The maximum absolute atomic E-state index is 5.85. The topological polar surface area (TPSA) is 43.0 Å². The van der Waals surface area contributed by atoms with E-state index in [1.165, 1.54) is 5.56 Å². The predicted molar refractivity (Wildman–Crippen MR) is 127 cm³/mol. The minimum absolute atomic E-state index is 0.0572. The summed E-state index contributed by atoms with van der Waals surface area (Å²) in [5.74, 6) is 2.28. The number of benzene rings is 3. The van der Waals surface area contributed by atoms with E-state index in [0.717, 1.165) is 41.3 Å². The number of para-hydroxylation sites is 1. The second-order valence-corrected chi connectivity index (χ2v) is 7.71. The van der Waals surface area contributed by atoms with Gasteiger partial charge in [0.25, 0.3) is 0 Å². The highest BCUT2D eigenvalue weighted by Gasteiger charge is 2.32. The molecule has 0 aliphatic carbocycles. The molecule has 5 nitrogen and oxygen atoms in total. The summed E-state index contributed by atoms with van der Waals surface area (Å²) in [6.45, 7) is 0.790. The zero-order valence-electron chi connectivity index (χ0n) is 17.9. The molecule has 0 unspecified atom stereocenters. The predicted octanol–water partition coefficient (Wildman–Crippen LogP) is 5.06. The van der Waals surface area contributed by atoms with Gasteiger partial charge in [-0.25, -0.2) is 0 Å². The summed E-state index contributed by atoms with van der Waals surface area (Å²) in [4.78, 5) is 2.23. The third kappa shape index (κ3) is 4.30. The van der Waals surface area contributed by atoms with E-state index in [1.54, 1.807) is 21.3 Å². The Morgan fingerprint density at radius 1 is 0.903 bits per heavy atom. The van der Waals surface area contributed by atoms with E-state index < -0.39 is 0 Å². The fourth-order valence-corrected chi connectivity index (χ4v) is 4.34. The fourth-order valence-electron chi connectivity index (χ4n) is 4.03. The first-order chi connectivity index (χ1) is 15.1. The largest absolute Gasteiger partial charge is 0.497 e. The lowest BCUT2D eigenvalue weighted by molar-refractivity contribution is 0.330. The number of rotatable bonds is 5. The molecule has 31 heavy (non-hydrogen) atoms. The van der Waals surface area contributed by atoms with Crippen molar-refractivity contribution in [1.82, 2.24) is 4.90 Å². The van der Waals surface area contributed by atoms with Gasteiger partial charge in [0.15, 0.2) is 16.6 Å². The van der Waals surface area contributed by atoms with Crippen molar-refractivity contribution < 1.29 is 14.2 Å². The number of thiocarbonyl (C=S) groups is 1. The quantitative estimate of drug-likeness (QED) is 0.567. The maximum Gasteiger partial charge on any atom is 0.174 e. The van der Waals surface area contributed by atoms with Crippen LogP contribution in [0.3, 0.4) is 0 Å². The molecule has 0 bridgehead atoms. The molecule has 0 aromatic heterocycles. The Labute approximate surface area is 188 Å². The molecule has 1 N–H and O–H groups in total. The highest BCUT2D eigenvalue weighted by molar-refractivity contribution is 7.80. The van der Waals surface area contributed by atoms with Crippen LogP contribution in [0.25, 0.3) is 0 Å². The lowest BCUT2D eigenvalue weighted by Crippen LogP contribution is -2.42. The van der Waals surface area contributed by atoms with Crippen molar-refractivity contribution in [3.05, 3.63) is 83.4 Å². The van der Waals surface area contributed by atoms with E-state index >= 15 is 0 Å². The van der Waals surface area contributed by atoms with Crippen LogP contribution in [0.15, 0.2) is 66.7 Å². The molecular formula is C25H26N2O3S. The van der Waals surface area contributed by atoms with Crippen LogP contribution in [0.5, 0.6) is 17.2 Å². The molecule has 3 aromatic rings. The second-order valence-electron chi connectivity index (χ2n) is 7.32. The van der Waals surface area contributed by atoms with Crippen LogP contribution >= 0.6 is 12.2 Å². The summed E-state index contributed by atoms with van der Waals surface area (Å²) >= 11 is 5.85. The number of hydrogen-bond donors (Lipinski definition) is 1. The first-order valence-electron chi connectivity index (χ1n) is 10.2. The Balaban J connectivity index is 1.77. The number of hydrogen-bond acceptors (Lipinski definition) is 4. The van der Waals surface area contributed by atoms with Crippen molar-refractivity contribution in [1.29, 1.82) is 0 Å². The third-order valence-corrected chi connectivity index (χ3v) is 5.93. The molecule has 1 atom stereocenters. The lowest BCUT2D eigenvalue weighted by atomic mass is 9.88. The standard InChI is InChI=1S/C25H26N2O3S/c1-28-20-11-9-17(10-12-20)24-21-16-23(30-3)22(29-2)15-18(21)13-14-27(24)25(31)26-19-7-5-4-6-8-19/h4-12,15-16,24H,13-14H2,1-3H3,(H,26,31)/t24-/m1/s1. The number of fused-ring (bicyclic) bond motifs is 1. The Bertz CT molecular complexity index is 1050. The van der Waals surface area contributed by atoms with Crippen molar-refractivity contribution in [2.45, 2.75) is 12.5 Å². The molecule has 0 fully saturated rings. The Hall–Kier alpha value is -3.25. The summed E-state index contributed by atoms with van der Waals surface area (Å²) in [5, 5.41) is 4.08. The van der Waals surface area contributed by atoms with Gasteiger partial charge in [0.1, 0.15) is 5.75 Å². The van der Waals surface area contributed by atoms with Gasteiger partial charge in [0.05, 0.1) is 27.4 Å².